The average Bonchev–Trinajstić information content (AvgIpc) is 2.35. The highest BCUT2D eigenvalue weighted by atomic mass is 16.6. The van der Waals surface area contributed by atoms with Crippen LogP contribution < -0.4 is 0 Å². The Morgan fingerprint density at radius 2 is 1.67 bits per heavy atom. The first kappa shape index (κ1) is 13.6. The molecular formula is C16H24O2. The highest BCUT2D eigenvalue weighted by Crippen LogP contribution is 2.57. The van der Waals surface area contributed by atoms with Gasteiger partial charge in [0.1, 0.15) is 0 Å². The van der Waals surface area contributed by atoms with E-state index < -0.39 is 6.10 Å². The fraction of sp³-hybridized carbons (Fsp3) is 0.625. The van der Waals surface area contributed by atoms with Gasteiger partial charge in [0.05, 0.1) is 17.8 Å². The maximum absolute atomic E-state index is 10.2. The quantitative estimate of drug-likeness (QED) is 0.889. The molecule has 0 amide bonds. The van der Waals surface area contributed by atoms with Gasteiger partial charge < -0.3 is 9.84 Å². The normalized spacial score (nSPS) is 32.1. The molecule has 1 aromatic rings. The van der Waals surface area contributed by atoms with Crippen LogP contribution in [0.3, 0.4) is 0 Å². The Balaban J connectivity index is 2.25. The van der Waals surface area contributed by atoms with Crippen LogP contribution >= 0.6 is 0 Å². The standard InChI is InChI=1S/C16H24O2/c1-11(2)13(17)14-15(3,4)16(5,18-14)12-9-7-6-8-10-12/h6-11,13-14,17H,1-5H3/t13-,14+,16-/m0/s1. The van der Waals surface area contributed by atoms with Crippen molar-refractivity contribution in [2.45, 2.75) is 52.4 Å². The van der Waals surface area contributed by atoms with Crippen LogP contribution in [0.15, 0.2) is 30.3 Å². The third kappa shape index (κ3) is 1.79. The number of ether oxygens (including phenoxy) is 1. The van der Waals surface area contributed by atoms with Crippen molar-refractivity contribution in [3.05, 3.63) is 35.9 Å². The minimum absolute atomic E-state index is 0.0714. The number of rotatable bonds is 3. The molecule has 100 valence electrons. The SMILES string of the molecule is CC(C)[C@H](O)[C@H]1O[C@@](C)(c2ccccc2)C1(C)C. The second-order valence-electron chi connectivity index (χ2n) is 6.39. The van der Waals surface area contributed by atoms with Crippen LogP contribution in [0.5, 0.6) is 0 Å². The summed E-state index contributed by atoms with van der Waals surface area (Å²) in [6.45, 7) is 10.5. The monoisotopic (exact) mass is 248 g/mol. The van der Waals surface area contributed by atoms with Crippen molar-refractivity contribution in [2.24, 2.45) is 11.3 Å². The molecule has 1 heterocycles. The van der Waals surface area contributed by atoms with Crippen molar-refractivity contribution in [3.8, 4) is 0 Å². The zero-order chi connectivity index (χ0) is 13.6. The Hall–Kier alpha value is -0.860. The lowest BCUT2D eigenvalue weighted by Gasteiger charge is -2.61. The molecule has 2 heteroatoms. The fourth-order valence-corrected chi connectivity index (χ4v) is 2.81. The molecule has 0 aliphatic carbocycles. The van der Waals surface area contributed by atoms with Crippen LogP contribution in [0.1, 0.15) is 40.2 Å². The zero-order valence-electron chi connectivity index (χ0n) is 12.0. The summed E-state index contributed by atoms with van der Waals surface area (Å²) in [6, 6.07) is 10.3. The first-order valence-corrected chi connectivity index (χ1v) is 6.72. The van der Waals surface area contributed by atoms with Gasteiger partial charge in [0.2, 0.25) is 0 Å². The molecular weight excluding hydrogens is 224 g/mol. The summed E-state index contributed by atoms with van der Waals surface area (Å²) >= 11 is 0. The van der Waals surface area contributed by atoms with Crippen molar-refractivity contribution in [1.29, 1.82) is 0 Å². The molecule has 3 atom stereocenters. The summed E-state index contributed by atoms with van der Waals surface area (Å²) < 4.78 is 6.10. The number of hydrogen-bond donors (Lipinski definition) is 1. The van der Waals surface area contributed by atoms with E-state index in [1.54, 1.807) is 0 Å². The molecule has 1 aliphatic rings. The van der Waals surface area contributed by atoms with Crippen LogP contribution in [0.25, 0.3) is 0 Å². The molecule has 0 unspecified atom stereocenters. The summed E-state index contributed by atoms with van der Waals surface area (Å²) in [6.07, 6.45) is -0.500. The van der Waals surface area contributed by atoms with E-state index in [4.69, 9.17) is 4.74 Å². The summed E-state index contributed by atoms with van der Waals surface area (Å²) in [4.78, 5) is 0. The molecule has 2 rings (SSSR count). The fourth-order valence-electron chi connectivity index (χ4n) is 2.81. The van der Waals surface area contributed by atoms with Gasteiger partial charge in [-0.3, -0.25) is 0 Å². The number of hydrogen-bond acceptors (Lipinski definition) is 2. The minimum Gasteiger partial charge on any atom is -0.390 e. The third-order valence-electron chi connectivity index (χ3n) is 4.62. The Kier molecular flexibility index (Phi) is 3.28. The van der Waals surface area contributed by atoms with E-state index in [2.05, 4.69) is 32.9 Å². The molecule has 0 radical (unpaired) electrons. The van der Waals surface area contributed by atoms with E-state index in [-0.39, 0.29) is 23.0 Å². The highest BCUT2D eigenvalue weighted by Gasteiger charge is 2.61. The molecule has 1 N–H and O–H groups in total. The minimum atomic E-state index is -0.406. The van der Waals surface area contributed by atoms with Gasteiger partial charge in [-0.15, -0.1) is 0 Å². The summed E-state index contributed by atoms with van der Waals surface area (Å²) in [5, 5.41) is 10.2. The highest BCUT2D eigenvalue weighted by molar-refractivity contribution is 5.29. The van der Waals surface area contributed by atoms with E-state index in [0.717, 1.165) is 0 Å². The topological polar surface area (TPSA) is 29.5 Å². The Bertz CT molecular complexity index is 410. The van der Waals surface area contributed by atoms with Crippen molar-refractivity contribution < 1.29 is 9.84 Å². The van der Waals surface area contributed by atoms with Crippen molar-refractivity contribution >= 4 is 0 Å². The lowest BCUT2D eigenvalue weighted by atomic mass is 9.61. The second-order valence-corrected chi connectivity index (χ2v) is 6.39. The first-order valence-electron chi connectivity index (χ1n) is 6.72. The van der Waals surface area contributed by atoms with Gasteiger partial charge in [-0.25, -0.2) is 0 Å². The molecule has 2 nitrogen and oxygen atoms in total. The Morgan fingerprint density at radius 3 is 2.11 bits per heavy atom. The van der Waals surface area contributed by atoms with Crippen molar-refractivity contribution in [2.75, 3.05) is 0 Å². The largest absolute Gasteiger partial charge is 0.390 e. The average molecular weight is 248 g/mol. The lowest BCUT2D eigenvalue weighted by molar-refractivity contribution is -0.336. The van der Waals surface area contributed by atoms with Gasteiger partial charge >= 0.3 is 0 Å². The maximum atomic E-state index is 10.2. The number of benzene rings is 1. The van der Waals surface area contributed by atoms with Gasteiger partial charge in [-0.2, -0.15) is 0 Å². The van der Waals surface area contributed by atoms with E-state index in [1.165, 1.54) is 5.56 Å². The third-order valence-corrected chi connectivity index (χ3v) is 4.62. The van der Waals surface area contributed by atoms with E-state index in [9.17, 15) is 5.11 Å². The number of aliphatic hydroxyl groups excluding tert-OH is 1. The molecule has 0 spiro atoms. The van der Waals surface area contributed by atoms with Gasteiger partial charge in [0.25, 0.3) is 0 Å². The number of aliphatic hydroxyl groups is 1. The Morgan fingerprint density at radius 1 is 1.11 bits per heavy atom. The molecule has 0 aromatic heterocycles. The zero-order valence-corrected chi connectivity index (χ0v) is 12.0. The smallest absolute Gasteiger partial charge is 0.0985 e. The molecule has 1 aromatic carbocycles. The van der Waals surface area contributed by atoms with Gasteiger partial charge in [0.15, 0.2) is 0 Å². The van der Waals surface area contributed by atoms with Crippen LogP contribution in [0.2, 0.25) is 0 Å². The molecule has 0 saturated carbocycles. The first-order chi connectivity index (χ1) is 8.30. The van der Waals surface area contributed by atoms with Crippen molar-refractivity contribution in [1.82, 2.24) is 0 Å². The van der Waals surface area contributed by atoms with Gasteiger partial charge in [-0.1, -0.05) is 58.0 Å². The van der Waals surface area contributed by atoms with Crippen LogP contribution in [-0.2, 0) is 10.3 Å². The van der Waals surface area contributed by atoms with Crippen LogP contribution in [-0.4, -0.2) is 17.3 Å². The molecule has 1 saturated heterocycles. The van der Waals surface area contributed by atoms with Gasteiger partial charge in [0, 0.05) is 5.41 Å². The lowest BCUT2D eigenvalue weighted by Crippen LogP contribution is -2.67. The molecule has 0 bridgehead atoms. The maximum Gasteiger partial charge on any atom is 0.0985 e. The predicted molar refractivity (Wildman–Crippen MR) is 73.3 cm³/mol. The second kappa shape index (κ2) is 4.36. The van der Waals surface area contributed by atoms with Crippen LogP contribution in [0.4, 0.5) is 0 Å². The summed E-state index contributed by atoms with van der Waals surface area (Å²) in [5.74, 6) is 0.217. The van der Waals surface area contributed by atoms with E-state index in [0.29, 0.717) is 0 Å². The molecule has 1 aliphatic heterocycles. The van der Waals surface area contributed by atoms with Crippen molar-refractivity contribution in [3.63, 3.8) is 0 Å². The molecule has 18 heavy (non-hydrogen) atoms. The van der Waals surface area contributed by atoms with E-state index in [1.807, 2.05) is 32.0 Å². The summed E-state index contributed by atoms with van der Waals surface area (Å²) in [5.41, 5.74) is 0.800. The van der Waals surface area contributed by atoms with E-state index >= 15 is 0 Å². The van der Waals surface area contributed by atoms with Gasteiger partial charge in [-0.05, 0) is 18.4 Å². The predicted octanol–water partition coefficient (Wildman–Crippen LogP) is 3.34. The summed E-state index contributed by atoms with van der Waals surface area (Å²) in [7, 11) is 0. The molecule has 1 fully saturated rings. The van der Waals surface area contributed by atoms with Crippen LogP contribution in [0, 0.1) is 11.3 Å². The Labute approximate surface area is 110 Å².